The predicted octanol–water partition coefficient (Wildman–Crippen LogP) is 0.477. The molecule has 0 fully saturated rings. The van der Waals surface area contributed by atoms with Gasteiger partial charge >= 0.3 is 5.69 Å². The van der Waals surface area contributed by atoms with E-state index in [0.29, 0.717) is 0 Å². The van der Waals surface area contributed by atoms with E-state index in [4.69, 9.17) is 0 Å². The van der Waals surface area contributed by atoms with Crippen LogP contribution in [0.4, 0.5) is 5.69 Å². The van der Waals surface area contributed by atoms with Crippen LogP contribution in [0.1, 0.15) is 12.6 Å². The van der Waals surface area contributed by atoms with E-state index in [1.54, 1.807) is 0 Å². The summed E-state index contributed by atoms with van der Waals surface area (Å²) in [7, 11) is 0. The highest BCUT2D eigenvalue weighted by Crippen LogP contribution is 2.12. The zero-order valence-corrected chi connectivity index (χ0v) is 8.56. The van der Waals surface area contributed by atoms with Gasteiger partial charge in [-0.15, -0.1) is 0 Å². The van der Waals surface area contributed by atoms with Gasteiger partial charge in [-0.05, 0) is 12.0 Å². The average molecular weight is 219 g/mol. The first-order chi connectivity index (χ1) is 7.61. The number of rotatable bonds is 2. The maximum atomic E-state index is 10.6. The highest BCUT2D eigenvalue weighted by molar-refractivity contribution is 5.73. The van der Waals surface area contributed by atoms with E-state index >= 15 is 0 Å². The van der Waals surface area contributed by atoms with Crippen molar-refractivity contribution in [1.82, 2.24) is 10.3 Å². The Morgan fingerprint density at radius 1 is 1.69 bits per heavy atom. The van der Waals surface area contributed by atoms with E-state index < -0.39 is 4.92 Å². The molecule has 1 rings (SSSR count). The van der Waals surface area contributed by atoms with E-state index in [1.165, 1.54) is 25.3 Å². The fourth-order valence-corrected chi connectivity index (χ4v) is 0.937. The SMILES string of the molecule is CC(=O)NCC#Cc1ncccc1[N+](=O)[O-]. The van der Waals surface area contributed by atoms with Gasteiger partial charge in [0.05, 0.1) is 11.5 Å². The summed E-state index contributed by atoms with van der Waals surface area (Å²) in [6, 6.07) is 2.80. The quantitative estimate of drug-likeness (QED) is 0.445. The number of nitro groups is 1. The van der Waals surface area contributed by atoms with Crippen LogP contribution in [-0.2, 0) is 4.79 Å². The minimum absolute atomic E-state index is 0.0952. The Morgan fingerprint density at radius 2 is 2.44 bits per heavy atom. The molecule has 0 aliphatic rings. The third-order valence-electron chi connectivity index (χ3n) is 1.62. The maximum Gasteiger partial charge on any atom is 0.303 e. The van der Waals surface area contributed by atoms with Crippen LogP contribution in [0.15, 0.2) is 18.3 Å². The average Bonchev–Trinajstić information content (AvgIpc) is 2.24. The number of nitrogens with one attached hydrogen (secondary N) is 1. The van der Waals surface area contributed by atoms with Gasteiger partial charge in [-0.25, -0.2) is 4.98 Å². The van der Waals surface area contributed by atoms with Gasteiger partial charge in [0.1, 0.15) is 0 Å². The summed E-state index contributed by atoms with van der Waals surface area (Å²) < 4.78 is 0. The van der Waals surface area contributed by atoms with E-state index in [0.717, 1.165) is 0 Å². The van der Waals surface area contributed by atoms with Gasteiger partial charge in [0, 0.05) is 19.2 Å². The monoisotopic (exact) mass is 219 g/mol. The third-order valence-corrected chi connectivity index (χ3v) is 1.62. The second-order valence-corrected chi connectivity index (χ2v) is 2.84. The molecule has 1 aromatic heterocycles. The third kappa shape index (κ3) is 3.38. The topological polar surface area (TPSA) is 85.1 Å². The molecule has 1 heterocycles. The van der Waals surface area contributed by atoms with Gasteiger partial charge in [-0.2, -0.15) is 0 Å². The molecule has 0 unspecified atom stereocenters. The van der Waals surface area contributed by atoms with Crippen LogP contribution in [0.2, 0.25) is 0 Å². The zero-order valence-electron chi connectivity index (χ0n) is 8.56. The van der Waals surface area contributed by atoms with Crippen molar-refractivity contribution in [2.45, 2.75) is 6.92 Å². The van der Waals surface area contributed by atoms with Gasteiger partial charge in [-0.3, -0.25) is 14.9 Å². The lowest BCUT2D eigenvalue weighted by molar-refractivity contribution is -0.385. The standard InChI is InChI=1S/C10H9N3O3/c1-8(14)11-6-2-4-9-10(13(15)16)5-3-7-12-9/h3,5,7H,6H2,1H3,(H,11,14). The summed E-state index contributed by atoms with van der Waals surface area (Å²) >= 11 is 0. The van der Waals surface area contributed by atoms with Crippen LogP contribution in [0.3, 0.4) is 0 Å². The molecule has 0 aliphatic carbocycles. The first kappa shape index (κ1) is 11.7. The molecular weight excluding hydrogens is 210 g/mol. The number of pyridine rings is 1. The van der Waals surface area contributed by atoms with Crippen molar-refractivity contribution in [3.8, 4) is 11.8 Å². The molecule has 0 saturated carbocycles. The van der Waals surface area contributed by atoms with Crippen LogP contribution in [0.5, 0.6) is 0 Å². The van der Waals surface area contributed by atoms with Crippen LogP contribution in [-0.4, -0.2) is 22.4 Å². The molecule has 1 N–H and O–H groups in total. The lowest BCUT2D eigenvalue weighted by Crippen LogP contribution is -2.19. The molecule has 0 saturated heterocycles. The van der Waals surface area contributed by atoms with Crippen molar-refractivity contribution >= 4 is 11.6 Å². The summed E-state index contributed by atoms with van der Waals surface area (Å²) in [5, 5.41) is 13.0. The van der Waals surface area contributed by atoms with Crippen molar-refractivity contribution in [1.29, 1.82) is 0 Å². The van der Waals surface area contributed by atoms with Crippen molar-refractivity contribution in [2.24, 2.45) is 0 Å². The summed E-state index contributed by atoms with van der Waals surface area (Å²) in [5.41, 5.74) is -0.0457. The van der Waals surface area contributed by atoms with Gasteiger partial charge in [0.2, 0.25) is 5.91 Å². The smallest absolute Gasteiger partial charge is 0.303 e. The van der Waals surface area contributed by atoms with Crippen molar-refractivity contribution in [2.75, 3.05) is 6.54 Å². The number of carbonyl (C=O) groups is 1. The summed E-state index contributed by atoms with van der Waals surface area (Å²) in [4.78, 5) is 24.4. The Kier molecular flexibility index (Phi) is 3.98. The molecule has 1 aromatic rings. The molecule has 0 radical (unpaired) electrons. The molecule has 0 spiro atoms. The number of aromatic nitrogens is 1. The lowest BCUT2D eigenvalue weighted by Gasteiger charge is -1.93. The van der Waals surface area contributed by atoms with E-state index in [1.807, 2.05) is 0 Å². The fraction of sp³-hybridized carbons (Fsp3) is 0.200. The molecule has 0 aromatic carbocycles. The second kappa shape index (κ2) is 5.46. The Labute approximate surface area is 91.8 Å². The Morgan fingerprint density at radius 3 is 3.06 bits per heavy atom. The van der Waals surface area contributed by atoms with E-state index in [-0.39, 0.29) is 23.8 Å². The number of nitrogens with zero attached hydrogens (tertiary/aromatic N) is 2. The van der Waals surface area contributed by atoms with Gasteiger partial charge in [-0.1, -0.05) is 5.92 Å². The zero-order chi connectivity index (χ0) is 12.0. The van der Waals surface area contributed by atoms with Crippen LogP contribution in [0.25, 0.3) is 0 Å². The minimum Gasteiger partial charge on any atom is -0.345 e. The highest BCUT2D eigenvalue weighted by Gasteiger charge is 2.10. The predicted molar refractivity (Wildman–Crippen MR) is 56.5 cm³/mol. The number of hydrogen-bond donors (Lipinski definition) is 1. The maximum absolute atomic E-state index is 10.6. The van der Waals surface area contributed by atoms with Crippen molar-refractivity contribution in [3.63, 3.8) is 0 Å². The molecular formula is C10H9N3O3. The molecule has 6 heteroatoms. The number of amides is 1. The van der Waals surface area contributed by atoms with Gasteiger partial charge in [0.25, 0.3) is 0 Å². The molecule has 16 heavy (non-hydrogen) atoms. The van der Waals surface area contributed by atoms with Gasteiger partial charge < -0.3 is 5.32 Å². The fourth-order valence-electron chi connectivity index (χ4n) is 0.937. The Balaban J connectivity index is 2.80. The van der Waals surface area contributed by atoms with Crippen molar-refractivity contribution < 1.29 is 9.72 Å². The largest absolute Gasteiger partial charge is 0.345 e. The molecule has 6 nitrogen and oxygen atoms in total. The van der Waals surface area contributed by atoms with Crippen LogP contribution < -0.4 is 5.32 Å². The van der Waals surface area contributed by atoms with E-state index in [2.05, 4.69) is 22.1 Å². The first-order valence-corrected chi connectivity index (χ1v) is 4.44. The second-order valence-electron chi connectivity index (χ2n) is 2.84. The van der Waals surface area contributed by atoms with Crippen LogP contribution >= 0.6 is 0 Å². The van der Waals surface area contributed by atoms with Gasteiger partial charge in [0.15, 0.2) is 5.69 Å². The normalized spacial score (nSPS) is 8.81. The minimum atomic E-state index is -0.546. The number of hydrogen-bond acceptors (Lipinski definition) is 4. The summed E-state index contributed by atoms with van der Waals surface area (Å²) in [6.45, 7) is 1.51. The summed E-state index contributed by atoms with van der Waals surface area (Å²) in [6.07, 6.45) is 1.43. The van der Waals surface area contributed by atoms with Crippen molar-refractivity contribution in [3.05, 3.63) is 34.1 Å². The lowest BCUT2D eigenvalue weighted by atomic mass is 10.3. The molecule has 82 valence electrons. The van der Waals surface area contributed by atoms with E-state index in [9.17, 15) is 14.9 Å². The summed E-state index contributed by atoms with van der Waals surface area (Å²) in [5.74, 6) is 4.91. The Bertz CT molecular complexity index is 474. The molecule has 0 aliphatic heterocycles. The molecule has 0 atom stereocenters. The first-order valence-electron chi connectivity index (χ1n) is 4.44. The van der Waals surface area contributed by atoms with Crippen LogP contribution in [0, 0.1) is 22.0 Å². The highest BCUT2D eigenvalue weighted by atomic mass is 16.6. The molecule has 0 bridgehead atoms. The Hall–Kier alpha value is -2.42. The molecule has 1 amide bonds. The number of carbonyl (C=O) groups excluding carboxylic acids is 1.